The fourth-order valence-electron chi connectivity index (χ4n) is 1.60. The number of aromatic hydroxyl groups is 1. The molecule has 0 radical (unpaired) electrons. The van der Waals surface area contributed by atoms with Gasteiger partial charge in [0.15, 0.2) is 0 Å². The van der Waals surface area contributed by atoms with Crippen molar-refractivity contribution in [2.24, 2.45) is 5.92 Å². The van der Waals surface area contributed by atoms with E-state index >= 15 is 0 Å². The zero-order valence-electron chi connectivity index (χ0n) is 9.33. The van der Waals surface area contributed by atoms with E-state index in [0.29, 0.717) is 18.1 Å². The second kappa shape index (κ2) is 5.41. The number of nitriles is 1. The predicted molar refractivity (Wildman–Crippen MR) is 60.6 cm³/mol. The summed E-state index contributed by atoms with van der Waals surface area (Å²) < 4.78 is 0. The molecule has 0 amide bonds. The van der Waals surface area contributed by atoms with Crippen LogP contribution in [0.15, 0.2) is 18.2 Å². The maximum absolute atomic E-state index is 9.64. The fraction of sp³-hybridized carbons (Fsp3) is 0.462. The van der Waals surface area contributed by atoms with Crippen LogP contribution >= 0.6 is 0 Å². The van der Waals surface area contributed by atoms with Crippen LogP contribution < -0.4 is 0 Å². The van der Waals surface area contributed by atoms with E-state index in [1.54, 1.807) is 6.07 Å². The summed E-state index contributed by atoms with van der Waals surface area (Å²) in [6, 6.07) is 7.75. The van der Waals surface area contributed by atoms with Crippen molar-refractivity contribution in [3.63, 3.8) is 0 Å². The minimum atomic E-state index is 0.365. The minimum Gasteiger partial charge on any atom is -0.508 e. The van der Waals surface area contributed by atoms with Gasteiger partial charge in [-0.25, -0.2) is 0 Å². The number of nitrogens with zero attached hydrogens (tertiary/aromatic N) is 1. The average molecular weight is 203 g/mol. The van der Waals surface area contributed by atoms with E-state index in [0.717, 1.165) is 24.0 Å². The summed E-state index contributed by atoms with van der Waals surface area (Å²) in [7, 11) is 0. The number of phenolic OH excluding ortho intramolecular Hbond substituents is 1. The van der Waals surface area contributed by atoms with E-state index in [9.17, 15) is 5.11 Å². The molecular weight excluding hydrogens is 186 g/mol. The number of rotatable bonds is 4. The Hall–Kier alpha value is -1.49. The molecule has 0 saturated heterocycles. The molecule has 0 heterocycles. The molecule has 1 N–H and O–H groups in total. The molecule has 0 aliphatic rings. The van der Waals surface area contributed by atoms with E-state index in [4.69, 9.17) is 5.26 Å². The van der Waals surface area contributed by atoms with Crippen LogP contribution in [0.3, 0.4) is 0 Å². The first-order valence-corrected chi connectivity index (χ1v) is 5.31. The van der Waals surface area contributed by atoms with Gasteiger partial charge in [0.2, 0.25) is 0 Å². The summed E-state index contributed by atoms with van der Waals surface area (Å²) in [6.45, 7) is 4.25. The Labute approximate surface area is 91.2 Å². The highest BCUT2D eigenvalue weighted by Crippen LogP contribution is 2.22. The molecular formula is C13H17NO. The molecule has 1 aromatic rings. The zero-order chi connectivity index (χ0) is 11.3. The van der Waals surface area contributed by atoms with Gasteiger partial charge < -0.3 is 5.11 Å². The molecule has 0 fully saturated rings. The summed E-state index contributed by atoms with van der Waals surface area (Å²) >= 11 is 0. The molecule has 0 saturated carbocycles. The molecule has 0 aliphatic heterocycles. The number of benzene rings is 1. The Morgan fingerprint density at radius 2 is 2.13 bits per heavy atom. The third kappa shape index (κ3) is 3.63. The second-order valence-corrected chi connectivity index (χ2v) is 4.22. The lowest BCUT2D eigenvalue weighted by Gasteiger charge is -2.09. The average Bonchev–Trinajstić information content (AvgIpc) is 2.18. The van der Waals surface area contributed by atoms with Gasteiger partial charge in [-0.3, -0.25) is 0 Å². The largest absolute Gasteiger partial charge is 0.508 e. The first-order chi connectivity index (χ1) is 7.13. The van der Waals surface area contributed by atoms with Gasteiger partial charge in [-0.05, 0) is 36.0 Å². The van der Waals surface area contributed by atoms with Crippen molar-refractivity contribution < 1.29 is 5.11 Å². The molecule has 0 bridgehead atoms. The molecule has 15 heavy (non-hydrogen) atoms. The third-order valence-corrected chi connectivity index (χ3v) is 2.30. The van der Waals surface area contributed by atoms with Crippen LogP contribution in [0.1, 0.15) is 31.4 Å². The monoisotopic (exact) mass is 203 g/mol. The first-order valence-electron chi connectivity index (χ1n) is 5.31. The van der Waals surface area contributed by atoms with Gasteiger partial charge >= 0.3 is 0 Å². The summed E-state index contributed by atoms with van der Waals surface area (Å²) in [5, 5.41) is 18.1. The highest BCUT2D eigenvalue weighted by atomic mass is 16.3. The van der Waals surface area contributed by atoms with Gasteiger partial charge in [-0.1, -0.05) is 26.0 Å². The van der Waals surface area contributed by atoms with Gasteiger partial charge in [-0.2, -0.15) is 5.26 Å². The van der Waals surface area contributed by atoms with E-state index in [-0.39, 0.29) is 0 Å². The Morgan fingerprint density at radius 1 is 1.40 bits per heavy atom. The topological polar surface area (TPSA) is 44.0 Å². The Bertz CT molecular complexity index is 363. The molecule has 0 aliphatic carbocycles. The molecule has 2 nitrogen and oxygen atoms in total. The molecule has 80 valence electrons. The quantitative estimate of drug-likeness (QED) is 0.817. The smallest absolute Gasteiger partial charge is 0.118 e. The maximum Gasteiger partial charge on any atom is 0.118 e. The zero-order valence-corrected chi connectivity index (χ0v) is 9.33. The summed E-state index contributed by atoms with van der Waals surface area (Å²) in [4.78, 5) is 0. The van der Waals surface area contributed by atoms with Crippen molar-refractivity contribution in [3.05, 3.63) is 29.3 Å². The van der Waals surface area contributed by atoms with Crippen LogP contribution in [0.25, 0.3) is 0 Å². The lowest BCUT2D eigenvalue weighted by molar-refractivity contribution is 0.462. The standard InChI is InChI=1S/C13H17NO/c1-10(2)8-12-9-11(4-3-7-14)5-6-13(12)15/h5-6,9-10,15H,3-4,8H2,1-2H3. The van der Waals surface area contributed by atoms with Crippen LogP contribution in [-0.4, -0.2) is 5.11 Å². The number of aryl methyl sites for hydroxylation is 1. The number of phenols is 1. The second-order valence-electron chi connectivity index (χ2n) is 4.22. The summed E-state index contributed by atoms with van der Waals surface area (Å²) in [5.74, 6) is 0.895. The first kappa shape index (κ1) is 11.6. The highest BCUT2D eigenvalue weighted by molar-refractivity contribution is 5.36. The Balaban J connectivity index is 2.81. The van der Waals surface area contributed by atoms with Gasteiger partial charge in [0.1, 0.15) is 5.75 Å². The molecule has 1 aromatic carbocycles. The Kier molecular flexibility index (Phi) is 4.17. The van der Waals surface area contributed by atoms with E-state index < -0.39 is 0 Å². The molecule has 0 aromatic heterocycles. The van der Waals surface area contributed by atoms with Crippen LogP contribution in [0.2, 0.25) is 0 Å². The third-order valence-electron chi connectivity index (χ3n) is 2.30. The van der Waals surface area contributed by atoms with E-state index in [1.807, 2.05) is 12.1 Å². The van der Waals surface area contributed by atoms with Crippen LogP contribution in [0.4, 0.5) is 0 Å². The molecule has 0 atom stereocenters. The number of hydrogen-bond donors (Lipinski definition) is 1. The molecule has 0 unspecified atom stereocenters. The SMILES string of the molecule is CC(C)Cc1cc(CCC#N)ccc1O. The van der Waals surface area contributed by atoms with Crippen molar-refractivity contribution in [1.29, 1.82) is 5.26 Å². The van der Waals surface area contributed by atoms with Gasteiger partial charge in [-0.15, -0.1) is 0 Å². The Morgan fingerprint density at radius 3 is 2.73 bits per heavy atom. The number of hydrogen-bond acceptors (Lipinski definition) is 2. The highest BCUT2D eigenvalue weighted by Gasteiger charge is 2.05. The van der Waals surface area contributed by atoms with Crippen LogP contribution in [0, 0.1) is 17.2 Å². The van der Waals surface area contributed by atoms with E-state index in [1.165, 1.54) is 0 Å². The summed E-state index contributed by atoms with van der Waals surface area (Å²) in [6.07, 6.45) is 2.18. The van der Waals surface area contributed by atoms with Crippen LogP contribution in [-0.2, 0) is 12.8 Å². The van der Waals surface area contributed by atoms with Crippen molar-refractivity contribution in [2.75, 3.05) is 0 Å². The van der Waals surface area contributed by atoms with E-state index in [2.05, 4.69) is 19.9 Å². The fourth-order valence-corrected chi connectivity index (χ4v) is 1.60. The normalized spacial score (nSPS) is 10.3. The van der Waals surface area contributed by atoms with Crippen molar-refractivity contribution in [1.82, 2.24) is 0 Å². The van der Waals surface area contributed by atoms with Gasteiger partial charge in [0.05, 0.1) is 6.07 Å². The van der Waals surface area contributed by atoms with Crippen molar-refractivity contribution in [2.45, 2.75) is 33.1 Å². The predicted octanol–water partition coefficient (Wildman–Crippen LogP) is 3.05. The summed E-state index contributed by atoms with van der Waals surface area (Å²) in [5.41, 5.74) is 2.12. The van der Waals surface area contributed by atoms with Crippen molar-refractivity contribution in [3.8, 4) is 11.8 Å². The lowest BCUT2D eigenvalue weighted by Crippen LogP contribution is -1.96. The lowest BCUT2D eigenvalue weighted by atomic mass is 9.98. The minimum absolute atomic E-state index is 0.365. The molecule has 2 heteroatoms. The van der Waals surface area contributed by atoms with Gasteiger partial charge in [0, 0.05) is 6.42 Å². The maximum atomic E-state index is 9.64. The molecule has 1 rings (SSSR count). The van der Waals surface area contributed by atoms with Gasteiger partial charge in [0.25, 0.3) is 0 Å². The van der Waals surface area contributed by atoms with Crippen LogP contribution in [0.5, 0.6) is 5.75 Å². The molecule has 0 spiro atoms. The van der Waals surface area contributed by atoms with Crippen molar-refractivity contribution >= 4 is 0 Å².